The molecule has 1 fully saturated rings. The molecular weight excluding hydrogens is 346 g/mol. The van der Waals surface area contributed by atoms with Crippen LogP contribution in [0.4, 0.5) is 0 Å². The van der Waals surface area contributed by atoms with Gasteiger partial charge in [0, 0.05) is 26.2 Å². The second-order valence-corrected chi connectivity index (χ2v) is 8.34. The van der Waals surface area contributed by atoms with E-state index in [9.17, 15) is 18.0 Å². The second-order valence-electron chi connectivity index (χ2n) is 6.06. The van der Waals surface area contributed by atoms with Crippen molar-refractivity contribution < 1.29 is 17.6 Å². The molecule has 1 aliphatic heterocycles. The van der Waals surface area contributed by atoms with Gasteiger partial charge in [-0.15, -0.1) is 0 Å². The second kappa shape index (κ2) is 6.83. The van der Waals surface area contributed by atoms with Gasteiger partial charge in [-0.3, -0.25) is 9.59 Å². The van der Waals surface area contributed by atoms with E-state index in [-0.39, 0.29) is 22.9 Å². The highest BCUT2D eigenvalue weighted by Gasteiger charge is 2.32. The van der Waals surface area contributed by atoms with Gasteiger partial charge < -0.3 is 9.32 Å². The Labute approximate surface area is 145 Å². The number of aromatic nitrogens is 2. The summed E-state index contributed by atoms with van der Waals surface area (Å²) in [5.41, 5.74) is -0.113. The standard InChI is InChI=1S/C16H19N3O5S/c1-18-15(20)5-4-14(17-18)16(21)19-8-6-13(7-9-19)25(22,23)11-12-3-2-10-24-12/h2-5,10,13H,6-9,11H2,1H3. The predicted molar refractivity (Wildman–Crippen MR) is 89.7 cm³/mol. The summed E-state index contributed by atoms with van der Waals surface area (Å²) in [5, 5.41) is 3.46. The average Bonchev–Trinajstić information content (AvgIpc) is 3.09. The van der Waals surface area contributed by atoms with E-state index >= 15 is 0 Å². The van der Waals surface area contributed by atoms with Crippen LogP contribution in [0, 0.1) is 0 Å². The molecular formula is C16H19N3O5S. The number of piperidine rings is 1. The largest absolute Gasteiger partial charge is 0.468 e. The molecule has 1 amide bonds. The summed E-state index contributed by atoms with van der Waals surface area (Å²) in [6.07, 6.45) is 2.20. The van der Waals surface area contributed by atoms with E-state index in [1.165, 1.54) is 25.4 Å². The molecule has 3 heterocycles. The van der Waals surface area contributed by atoms with Crippen LogP contribution in [-0.4, -0.2) is 47.3 Å². The maximum Gasteiger partial charge on any atom is 0.274 e. The lowest BCUT2D eigenvalue weighted by Gasteiger charge is -2.31. The van der Waals surface area contributed by atoms with Crippen molar-refractivity contribution in [1.82, 2.24) is 14.7 Å². The number of carbonyl (C=O) groups is 1. The van der Waals surface area contributed by atoms with E-state index in [1.54, 1.807) is 17.0 Å². The maximum atomic E-state index is 12.5. The van der Waals surface area contributed by atoms with Crippen molar-refractivity contribution >= 4 is 15.7 Å². The van der Waals surface area contributed by atoms with E-state index in [1.807, 2.05) is 0 Å². The molecule has 3 rings (SSSR count). The topological polar surface area (TPSA) is 102 Å². The Morgan fingerprint density at radius 3 is 2.60 bits per heavy atom. The van der Waals surface area contributed by atoms with E-state index in [4.69, 9.17) is 4.42 Å². The van der Waals surface area contributed by atoms with E-state index in [0.717, 1.165) is 4.68 Å². The van der Waals surface area contributed by atoms with Gasteiger partial charge in [0.05, 0.1) is 11.5 Å². The summed E-state index contributed by atoms with van der Waals surface area (Å²) < 4.78 is 31.2. The number of rotatable bonds is 4. The number of nitrogens with zero attached hydrogens (tertiary/aromatic N) is 3. The smallest absolute Gasteiger partial charge is 0.274 e. The van der Waals surface area contributed by atoms with Crippen LogP contribution in [0.1, 0.15) is 29.1 Å². The van der Waals surface area contributed by atoms with Crippen molar-refractivity contribution in [3.05, 3.63) is 52.3 Å². The number of hydrogen-bond donors (Lipinski definition) is 0. The van der Waals surface area contributed by atoms with Crippen LogP contribution >= 0.6 is 0 Å². The summed E-state index contributed by atoms with van der Waals surface area (Å²) in [5.74, 6) is 0.00595. The lowest BCUT2D eigenvalue weighted by molar-refractivity contribution is 0.0717. The van der Waals surface area contributed by atoms with Gasteiger partial charge in [0.25, 0.3) is 11.5 Å². The van der Waals surface area contributed by atoms with Crippen molar-refractivity contribution in [1.29, 1.82) is 0 Å². The third kappa shape index (κ3) is 3.81. The van der Waals surface area contributed by atoms with E-state index < -0.39 is 15.1 Å². The molecule has 0 aliphatic carbocycles. The van der Waals surface area contributed by atoms with Crippen LogP contribution in [0.2, 0.25) is 0 Å². The first-order valence-corrected chi connectivity index (χ1v) is 9.66. The number of amides is 1. The molecule has 0 saturated carbocycles. The molecule has 0 N–H and O–H groups in total. The molecule has 1 aliphatic rings. The summed E-state index contributed by atoms with van der Waals surface area (Å²) in [4.78, 5) is 25.4. The van der Waals surface area contributed by atoms with Crippen LogP contribution in [-0.2, 0) is 22.6 Å². The van der Waals surface area contributed by atoms with Crippen LogP contribution in [0.5, 0.6) is 0 Å². The number of carbonyl (C=O) groups excluding carboxylic acids is 1. The highest BCUT2D eigenvalue weighted by atomic mass is 32.2. The van der Waals surface area contributed by atoms with Gasteiger partial charge in [-0.1, -0.05) is 0 Å². The molecule has 1 saturated heterocycles. The molecule has 25 heavy (non-hydrogen) atoms. The van der Waals surface area contributed by atoms with Gasteiger partial charge in [-0.25, -0.2) is 13.1 Å². The molecule has 0 unspecified atom stereocenters. The van der Waals surface area contributed by atoms with Crippen molar-refractivity contribution in [3.63, 3.8) is 0 Å². The molecule has 0 bridgehead atoms. The fourth-order valence-electron chi connectivity index (χ4n) is 2.91. The summed E-state index contributed by atoms with van der Waals surface area (Å²) in [6, 6.07) is 5.99. The Kier molecular flexibility index (Phi) is 4.76. The zero-order valence-corrected chi connectivity index (χ0v) is 14.6. The average molecular weight is 365 g/mol. The van der Waals surface area contributed by atoms with E-state index in [2.05, 4.69) is 5.10 Å². The van der Waals surface area contributed by atoms with Crippen LogP contribution in [0.25, 0.3) is 0 Å². The van der Waals surface area contributed by atoms with Crippen molar-refractivity contribution in [2.24, 2.45) is 7.05 Å². The summed E-state index contributed by atoms with van der Waals surface area (Å²) in [7, 11) is -1.85. The first-order chi connectivity index (χ1) is 11.9. The first kappa shape index (κ1) is 17.4. The summed E-state index contributed by atoms with van der Waals surface area (Å²) >= 11 is 0. The molecule has 134 valence electrons. The molecule has 0 spiro atoms. The lowest BCUT2D eigenvalue weighted by atomic mass is 10.1. The maximum absolute atomic E-state index is 12.5. The van der Waals surface area contributed by atoms with Crippen molar-refractivity contribution in [2.45, 2.75) is 23.8 Å². The highest BCUT2D eigenvalue weighted by molar-refractivity contribution is 7.91. The fourth-order valence-corrected chi connectivity index (χ4v) is 4.63. The number of furan rings is 1. The third-order valence-electron chi connectivity index (χ3n) is 4.34. The lowest BCUT2D eigenvalue weighted by Crippen LogP contribution is -2.43. The number of hydrogen-bond acceptors (Lipinski definition) is 6. The SMILES string of the molecule is Cn1nc(C(=O)N2CCC(S(=O)(=O)Cc3ccco3)CC2)ccc1=O. The number of sulfone groups is 1. The molecule has 0 aromatic carbocycles. The van der Waals surface area contributed by atoms with Crippen LogP contribution in [0.15, 0.2) is 39.7 Å². The molecule has 0 atom stereocenters. The molecule has 2 aromatic rings. The van der Waals surface area contributed by atoms with Gasteiger partial charge in [0.1, 0.15) is 17.2 Å². The zero-order valence-electron chi connectivity index (χ0n) is 13.8. The van der Waals surface area contributed by atoms with Gasteiger partial charge in [-0.05, 0) is 31.0 Å². The van der Waals surface area contributed by atoms with Gasteiger partial charge in [0.2, 0.25) is 0 Å². The van der Waals surface area contributed by atoms with Gasteiger partial charge in [0.15, 0.2) is 9.84 Å². The first-order valence-electron chi connectivity index (χ1n) is 7.94. The zero-order chi connectivity index (χ0) is 18.0. The molecule has 9 heteroatoms. The van der Waals surface area contributed by atoms with E-state index in [0.29, 0.717) is 31.7 Å². The van der Waals surface area contributed by atoms with Crippen LogP contribution < -0.4 is 5.56 Å². The third-order valence-corrected chi connectivity index (χ3v) is 6.51. The number of aryl methyl sites for hydroxylation is 1. The quantitative estimate of drug-likeness (QED) is 0.786. The fraction of sp³-hybridized carbons (Fsp3) is 0.438. The predicted octanol–water partition coefficient (Wildman–Crippen LogP) is 0.593. The Bertz CT molecular complexity index is 909. The van der Waals surface area contributed by atoms with Gasteiger partial charge >= 0.3 is 0 Å². The Balaban J connectivity index is 1.64. The van der Waals surface area contributed by atoms with Crippen molar-refractivity contribution in [3.8, 4) is 0 Å². The molecule has 8 nitrogen and oxygen atoms in total. The summed E-state index contributed by atoms with van der Waals surface area (Å²) in [6.45, 7) is 0.677. The number of likely N-dealkylation sites (tertiary alicyclic amines) is 1. The van der Waals surface area contributed by atoms with Crippen LogP contribution in [0.3, 0.4) is 0 Å². The highest BCUT2D eigenvalue weighted by Crippen LogP contribution is 2.22. The Hall–Kier alpha value is -2.42. The minimum Gasteiger partial charge on any atom is -0.468 e. The normalized spacial score (nSPS) is 16.1. The minimum atomic E-state index is -3.33. The van der Waals surface area contributed by atoms with Gasteiger partial charge in [-0.2, -0.15) is 5.10 Å². The Morgan fingerprint density at radius 1 is 1.28 bits per heavy atom. The van der Waals surface area contributed by atoms with Crippen molar-refractivity contribution in [2.75, 3.05) is 13.1 Å². The monoisotopic (exact) mass is 365 g/mol. The molecule has 2 aromatic heterocycles. The minimum absolute atomic E-state index is 0.124. The Morgan fingerprint density at radius 2 is 2.00 bits per heavy atom. The molecule has 0 radical (unpaired) electrons.